The van der Waals surface area contributed by atoms with Crippen LogP contribution in [0.25, 0.3) is 0 Å². The second-order valence-corrected chi connectivity index (χ2v) is 6.14. The van der Waals surface area contributed by atoms with E-state index < -0.39 is 0 Å². The summed E-state index contributed by atoms with van der Waals surface area (Å²) in [6.07, 6.45) is 0. The Kier molecular flexibility index (Phi) is 5.90. The van der Waals surface area contributed by atoms with Crippen LogP contribution in [0.2, 0.25) is 0 Å². The molecule has 0 heterocycles. The number of rotatable bonds is 7. The third kappa shape index (κ3) is 5.22. The average molecular weight is 359 g/mol. The van der Waals surface area contributed by atoms with Crippen molar-refractivity contribution in [1.82, 2.24) is 0 Å². The van der Waals surface area contributed by atoms with Crippen LogP contribution in [0.3, 0.4) is 0 Å². The predicted molar refractivity (Wildman–Crippen MR) is 108 cm³/mol. The van der Waals surface area contributed by atoms with Crippen LogP contribution in [-0.2, 0) is 0 Å². The Hall–Kier alpha value is -3.53. The van der Waals surface area contributed by atoms with Crippen LogP contribution in [0.4, 0.5) is 5.69 Å². The highest BCUT2D eigenvalue weighted by Gasteiger charge is 2.11. The zero-order valence-corrected chi connectivity index (χ0v) is 15.1. The van der Waals surface area contributed by atoms with Gasteiger partial charge in [0.1, 0.15) is 18.1 Å². The number of para-hydroxylation sites is 3. The van der Waals surface area contributed by atoms with Gasteiger partial charge in [0.25, 0.3) is 5.91 Å². The molecule has 0 aliphatic rings. The smallest absolute Gasteiger partial charge is 0.255 e. The standard InChI is InChI=1S/C23H21NO3/c1-17(2)16-26-20-12-8-9-18(15-20)23(25)24-21-13-6-7-14-22(21)27-19-10-4-3-5-11-19/h3-15H,1,16H2,2H3,(H,24,25). The van der Waals surface area contributed by atoms with E-state index in [1.807, 2.05) is 61.5 Å². The largest absolute Gasteiger partial charge is 0.489 e. The third-order valence-corrected chi connectivity index (χ3v) is 3.69. The van der Waals surface area contributed by atoms with Crippen molar-refractivity contribution in [3.8, 4) is 17.2 Å². The average Bonchev–Trinajstić information content (AvgIpc) is 2.69. The summed E-state index contributed by atoms with van der Waals surface area (Å²) in [7, 11) is 0. The molecule has 0 fully saturated rings. The van der Waals surface area contributed by atoms with Crippen LogP contribution >= 0.6 is 0 Å². The summed E-state index contributed by atoms with van der Waals surface area (Å²) < 4.78 is 11.5. The van der Waals surface area contributed by atoms with Gasteiger partial charge in [0.05, 0.1) is 5.69 Å². The Bertz CT molecular complexity index is 935. The Labute approximate surface area is 159 Å². The maximum atomic E-state index is 12.7. The van der Waals surface area contributed by atoms with Crippen molar-refractivity contribution in [3.63, 3.8) is 0 Å². The molecule has 0 unspecified atom stereocenters. The Morgan fingerprint density at radius 2 is 1.63 bits per heavy atom. The molecule has 0 bridgehead atoms. The first-order valence-electron chi connectivity index (χ1n) is 8.62. The fourth-order valence-electron chi connectivity index (χ4n) is 2.40. The van der Waals surface area contributed by atoms with E-state index in [9.17, 15) is 4.79 Å². The molecule has 3 aromatic carbocycles. The molecule has 0 spiro atoms. The van der Waals surface area contributed by atoms with Crippen LogP contribution < -0.4 is 14.8 Å². The number of hydrogen-bond donors (Lipinski definition) is 1. The molecule has 136 valence electrons. The number of carbonyl (C=O) groups excluding carboxylic acids is 1. The van der Waals surface area contributed by atoms with Crippen molar-refractivity contribution < 1.29 is 14.3 Å². The lowest BCUT2D eigenvalue weighted by molar-refractivity contribution is 0.102. The van der Waals surface area contributed by atoms with Gasteiger partial charge in [-0.3, -0.25) is 4.79 Å². The van der Waals surface area contributed by atoms with E-state index in [1.54, 1.807) is 24.3 Å². The Balaban J connectivity index is 1.75. The third-order valence-electron chi connectivity index (χ3n) is 3.69. The summed E-state index contributed by atoms with van der Waals surface area (Å²) in [5.41, 5.74) is 2.01. The number of hydrogen-bond acceptors (Lipinski definition) is 3. The summed E-state index contributed by atoms with van der Waals surface area (Å²) in [5, 5.41) is 2.90. The number of anilines is 1. The maximum absolute atomic E-state index is 12.7. The lowest BCUT2D eigenvalue weighted by Crippen LogP contribution is -2.12. The first-order valence-corrected chi connectivity index (χ1v) is 8.62. The van der Waals surface area contributed by atoms with Gasteiger partial charge in [0.15, 0.2) is 5.75 Å². The fraction of sp³-hybridized carbons (Fsp3) is 0.0870. The van der Waals surface area contributed by atoms with Crippen LogP contribution in [0.1, 0.15) is 17.3 Å². The van der Waals surface area contributed by atoms with Crippen molar-refractivity contribution >= 4 is 11.6 Å². The monoisotopic (exact) mass is 359 g/mol. The quantitative estimate of drug-likeness (QED) is 0.552. The lowest BCUT2D eigenvalue weighted by atomic mass is 10.2. The molecule has 0 saturated heterocycles. The number of nitrogens with one attached hydrogen (secondary N) is 1. The first-order chi connectivity index (χ1) is 13.1. The number of amides is 1. The van der Waals surface area contributed by atoms with Gasteiger partial charge in [-0.25, -0.2) is 0 Å². The van der Waals surface area contributed by atoms with Gasteiger partial charge >= 0.3 is 0 Å². The molecule has 1 amide bonds. The molecule has 0 saturated carbocycles. The molecule has 0 radical (unpaired) electrons. The highest BCUT2D eigenvalue weighted by molar-refractivity contribution is 6.05. The Morgan fingerprint density at radius 1 is 0.926 bits per heavy atom. The second kappa shape index (κ2) is 8.72. The van der Waals surface area contributed by atoms with E-state index >= 15 is 0 Å². The molecule has 0 aliphatic heterocycles. The topological polar surface area (TPSA) is 47.6 Å². The first kappa shape index (κ1) is 18.3. The molecular formula is C23H21NO3. The van der Waals surface area contributed by atoms with E-state index in [2.05, 4.69) is 11.9 Å². The summed E-state index contributed by atoms with van der Waals surface area (Å²) >= 11 is 0. The van der Waals surface area contributed by atoms with Gasteiger partial charge in [-0.15, -0.1) is 0 Å². The highest BCUT2D eigenvalue weighted by Crippen LogP contribution is 2.29. The van der Waals surface area contributed by atoms with Crippen LogP contribution in [-0.4, -0.2) is 12.5 Å². The minimum atomic E-state index is -0.236. The molecule has 3 aromatic rings. The summed E-state index contributed by atoms with van der Waals surface area (Å²) in [6.45, 7) is 6.11. The van der Waals surface area contributed by atoms with E-state index in [0.717, 1.165) is 5.57 Å². The normalized spacial score (nSPS) is 10.1. The molecular weight excluding hydrogens is 338 g/mol. The maximum Gasteiger partial charge on any atom is 0.255 e. The number of ether oxygens (including phenoxy) is 2. The SMILES string of the molecule is C=C(C)COc1cccc(C(=O)Nc2ccccc2Oc2ccccc2)c1. The van der Waals surface area contributed by atoms with Crippen molar-refractivity contribution in [3.05, 3.63) is 96.6 Å². The molecule has 1 N–H and O–H groups in total. The molecule has 4 nitrogen and oxygen atoms in total. The van der Waals surface area contributed by atoms with Crippen LogP contribution in [0.15, 0.2) is 91.0 Å². The van der Waals surface area contributed by atoms with Gasteiger partial charge in [0, 0.05) is 5.56 Å². The molecule has 4 heteroatoms. The molecule has 0 aliphatic carbocycles. The van der Waals surface area contributed by atoms with Gasteiger partial charge in [0.2, 0.25) is 0 Å². The zero-order chi connectivity index (χ0) is 19.1. The van der Waals surface area contributed by atoms with E-state index in [4.69, 9.17) is 9.47 Å². The number of carbonyl (C=O) groups is 1. The van der Waals surface area contributed by atoms with Gasteiger partial charge in [-0.1, -0.05) is 43.0 Å². The molecule has 0 atom stereocenters. The van der Waals surface area contributed by atoms with Gasteiger partial charge in [-0.05, 0) is 55.0 Å². The van der Waals surface area contributed by atoms with E-state index in [-0.39, 0.29) is 5.91 Å². The Morgan fingerprint density at radius 3 is 2.41 bits per heavy atom. The van der Waals surface area contributed by atoms with E-state index in [1.165, 1.54) is 0 Å². The zero-order valence-electron chi connectivity index (χ0n) is 15.1. The minimum absolute atomic E-state index is 0.236. The predicted octanol–water partition coefficient (Wildman–Crippen LogP) is 5.69. The van der Waals surface area contributed by atoms with Crippen LogP contribution in [0, 0.1) is 0 Å². The number of benzene rings is 3. The van der Waals surface area contributed by atoms with Crippen molar-refractivity contribution in [1.29, 1.82) is 0 Å². The van der Waals surface area contributed by atoms with Gasteiger partial charge < -0.3 is 14.8 Å². The van der Waals surface area contributed by atoms with Crippen LogP contribution in [0.5, 0.6) is 17.2 Å². The summed E-state index contributed by atoms with van der Waals surface area (Å²) in [5.74, 6) is 1.67. The summed E-state index contributed by atoms with van der Waals surface area (Å²) in [4.78, 5) is 12.7. The summed E-state index contributed by atoms with van der Waals surface area (Å²) in [6, 6.07) is 23.8. The molecule has 0 aromatic heterocycles. The lowest BCUT2D eigenvalue weighted by Gasteiger charge is -2.13. The second-order valence-electron chi connectivity index (χ2n) is 6.14. The van der Waals surface area contributed by atoms with Crippen molar-refractivity contribution in [2.24, 2.45) is 0 Å². The van der Waals surface area contributed by atoms with Crippen molar-refractivity contribution in [2.75, 3.05) is 11.9 Å². The molecule has 27 heavy (non-hydrogen) atoms. The highest BCUT2D eigenvalue weighted by atomic mass is 16.5. The fourth-order valence-corrected chi connectivity index (χ4v) is 2.40. The molecule has 3 rings (SSSR count). The van der Waals surface area contributed by atoms with Crippen molar-refractivity contribution in [2.45, 2.75) is 6.92 Å². The minimum Gasteiger partial charge on any atom is -0.489 e. The van der Waals surface area contributed by atoms with Gasteiger partial charge in [-0.2, -0.15) is 0 Å². The van der Waals surface area contributed by atoms with E-state index in [0.29, 0.717) is 35.1 Å².